The second kappa shape index (κ2) is 4.81. The van der Waals surface area contributed by atoms with Crippen LogP contribution in [0.3, 0.4) is 0 Å². The monoisotopic (exact) mass is 296 g/mol. The van der Waals surface area contributed by atoms with E-state index in [-0.39, 0.29) is 31.6 Å². The number of hydrogen-bond acceptors (Lipinski definition) is 6. The molecule has 3 rings (SSSR count). The minimum absolute atomic E-state index is 0.00627. The normalized spacial score (nSPS) is 36.3. The fraction of sp³-hybridized carbons (Fsp3) is 0.615. The Morgan fingerprint density at radius 1 is 1.52 bits per heavy atom. The lowest BCUT2D eigenvalue weighted by molar-refractivity contribution is -0.145. The Kier molecular flexibility index (Phi) is 3.22. The van der Waals surface area contributed by atoms with Gasteiger partial charge >= 0.3 is 6.09 Å². The van der Waals surface area contributed by atoms with Crippen LogP contribution in [0.5, 0.6) is 0 Å². The number of carbonyl (C=O) groups excluding carboxylic acids is 3. The summed E-state index contributed by atoms with van der Waals surface area (Å²) >= 11 is 0. The second-order valence-electron chi connectivity index (χ2n) is 5.27. The highest BCUT2D eigenvalue weighted by atomic mass is 16.5. The molecule has 0 aromatic heterocycles. The molecule has 4 atom stereocenters. The van der Waals surface area contributed by atoms with Gasteiger partial charge in [0, 0.05) is 7.05 Å². The minimum Gasteiger partial charge on any atom is -0.448 e. The summed E-state index contributed by atoms with van der Waals surface area (Å²) in [4.78, 5) is 36.8. The molecule has 114 valence electrons. The van der Waals surface area contributed by atoms with Crippen molar-refractivity contribution in [3.8, 4) is 0 Å². The maximum absolute atomic E-state index is 12.4. The van der Waals surface area contributed by atoms with E-state index >= 15 is 0 Å². The van der Waals surface area contributed by atoms with Crippen LogP contribution in [0.2, 0.25) is 0 Å². The molecule has 2 N–H and O–H groups in total. The van der Waals surface area contributed by atoms with Crippen molar-refractivity contribution in [1.82, 2.24) is 10.2 Å². The van der Waals surface area contributed by atoms with Crippen molar-refractivity contribution in [3.63, 3.8) is 0 Å². The summed E-state index contributed by atoms with van der Waals surface area (Å²) in [6.45, 7) is -0.406. The predicted molar refractivity (Wildman–Crippen MR) is 67.9 cm³/mol. The molecule has 2 saturated heterocycles. The Morgan fingerprint density at radius 3 is 2.95 bits per heavy atom. The van der Waals surface area contributed by atoms with Crippen molar-refractivity contribution in [3.05, 3.63) is 12.2 Å². The highest BCUT2D eigenvalue weighted by molar-refractivity contribution is 6.07. The Labute approximate surface area is 120 Å². The maximum Gasteiger partial charge on any atom is 0.406 e. The molecular weight excluding hydrogens is 280 g/mol. The van der Waals surface area contributed by atoms with Crippen molar-refractivity contribution < 1.29 is 29.0 Å². The van der Waals surface area contributed by atoms with Gasteiger partial charge in [-0.3, -0.25) is 14.5 Å². The molecule has 3 aliphatic rings. The number of likely N-dealkylation sites (tertiary alicyclic amines) is 1. The molecule has 8 heteroatoms. The molecular formula is C13H16N2O6. The molecule has 3 heterocycles. The average molecular weight is 296 g/mol. The van der Waals surface area contributed by atoms with Crippen LogP contribution < -0.4 is 5.32 Å². The maximum atomic E-state index is 12.4. The fourth-order valence-corrected chi connectivity index (χ4v) is 3.27. The van der Waals surface area contributed by atoms with Gasteiger partial charge in [-0.2, -0.15) is 0 Å². The van der Waals surface area contributed by atoms with Crippen LogP contribution >= 0.6 is 0 Å². The van der Waals surface area contributed by atoms with E-state index in [1.165, 1.54) is 7.05 Å². The van der Waals surface area contributed by atoms with Gasteiger partial charge in [-0.05, 0) is 0 Å². The van der Waals surface area contributed by atoms with Crippen LogP contribution in [-0.2, 0) is 19.1 Å². The quantitative estimate of drug-likeness (QED) is 0.490. The van der Waals surface area contributed by atoms with E-state index in [1.54, 1.807) is 12.2 Å². The zero-order valence-corrected chi connectivity index (χ0v) is 11.4. The third-order valence-electron chi connectivity index (χ3n) is 4.25. The largest absolute Gasteiger partial charge is 0.448 e. The lowest BCUT2D eigenvalue weighted by Gasteiger charge is -2.26. The number of nitrogens with zero attached hydrogens (tertiary/aromatic N) is 1. The number of aliphatic hydroxyl groups is 1. The Bertz CT molecular complexity index is 533. The molecule has 0 spiro atoms. The average Bonchev–Trinajstić information content (AvgIpc) is 3.13. The van der Waals surface area contributed by atoms with Crippen molar-refractivity contribution in [2.24, 2.45) is 11.8 Å². The van der Waals surface area contributed by atoms with E-state index in [0.717, 1.165) is 4.90 Å². The van der Waals surface area contributed by atoms with Gasteiger partial charge in [-0.1, -0.05) is 12.2 Å². The third-order valence-corrected chi connectivity index (χ3v) is 4.25. The highest BCUT2D eigenvalue weighted by Gasteiger charge is 2.67. The molecule has 4 unspecified atom stereocenters. The first-order chi connectivity index (χ1) is 10.0. The highest BCUT2D eigenvalue weighted by Crippen LogP contribution is 2.51. The molecule has 3 aliphatic heterocycles. The van der Waals surface area contributed by atoms with Gasteiger partial charge in [-0.25, -0.2) is 4.79 Å². The Balaban J connectivity index is 1.72. The Hall–Kier alpha value is -1.93. The number of carbonyl (C=O) groups is 3. The van der Waals surface area contributed by atoms with Gasteiger partial charge in [0.2, 0.25) is 11.8 Å². The zero-order chi connectivity index (χ0) is 15.2. The lowest BCUT2D eigenvalue weighted by atomic mass is 9.77. The van der Waals surface area contributed by atoms with Crippen LogP contribution in [0, 0.1) is 11.8 Å². The fourth-order valence-electron chi connectivity index (χ4n) is 3.27. The molecule has 0 saturated carbocycles. The SMILES string of the molecule is CNC(=O)OCCN1C(=O)C2C3C=CC(CO)(O3)C2C1=O. The first kappa shape index (κ1) is 14.0. The number of imide groups is 1. The lowest BCUT2D eigenvalue weighted by Crippen LogP contribution is -2.44. The summed E-state index contributed by atoms with van der Waals surface area (Å²) in [6.07, 6.45) is 2.29. The molecule has 3 amide bonds. The first-order valence-corrected chi connectivity index (χ1v) is 6.72. The zero-order valence-electron chi connectivity index (χ0n) is 11.4. The van der Waals surface area contributed by atoms with Crippen molar-refractivity contribution >= 4 is 17.9 Å². The van der Waals surface area contributed by atoms with Crippen LogP contribution in [-0.4, -0.2) is 66.4 Å². The summed E-state index contributed by atoms with van der Waals surface area (Å²) in [6, 6.07) is 0. The first-order valence-electron chi connectivity index (χ1n) is 6.72. The number of nitrogens with one attached hydrogen (secondary N) is 1. The van der Waals surface area contributed by atoms with Crippen LogP contribution in [0.15, 0.2) is 12.2 Å². The second-order valence-corrected chi connectivity index (χ2v) is 5.27. The molecule has 2 fully saturated rings. The van der Waals surface area contributed by atoms with Crippen molar-refractivity contribution in [2.45, 2.75) is 11.7 Å². The van der Waals surface area contributed by atoms with Gasteiger partial charge < -0.3 is 19.9 Å². The van der Waals surface area contributed by atoms with Gasteiger partial charge in [-0.15, -0.1) is 0 Å². The number of fused-ring (bicyclic) bond motifs is 5. The van der Waals surface area contributed by atoms with Crippen LogP contribution in [0.4, 0.5) is 4.79 Å². The summed E-state index contributed by atoms with van der Waals surface area (Å²) < 4.78 is 10.4. The standard InChI is InChI=1S/C13H16N2O6/c1-14-12(19)20-5-4-15-10(17)8-7-2-3-13(6-16,21-7)9(8)11(15)18/h2-3,7-9,16H,4-6H2,1H3,(H,14,19). The van der Waals surface area contributed by atoms with Gasteiger partial charge in [0.05, 0.1) is 31.1 Å². The molecule has 2 bridgehead atoms. The van der Waals surface area contributed by atoms with E-state index in [9.17, 15) is 19.5 Å². The van der Waals surface area contributed by atoms with E-state index in [1.807, 2.05) is 0 Å². The number of ether oxygens (including phenoxy) is 2. The molecule has 0 aromatic carbocycles. The molecule has 8 nitrogen and oxygen atoms in total. The molecule has 0 aromatic rings. The van der Waals surface area contributed by atoms with Gasteiger partial charge in [0.1, 0.15) is 12.2 Å². The smallest absolute Gasteiger partial charge is 0.406 e. The van der Waals surface area contributed by atoms with E-state index in [4.69, 9.17) is 9.47 Å². The molecule has 21 heavy (non-hydrogen) atoms. The van der Waals surface area contributed by atoms with Crippen LogP contribution in [0.1, 0.15) is 0 Å². The Morgan fingerprint density at radius 2 is 2.29 bits per heavy atom. The number of amides is 3. The van der Waals surface area contributed by atoms with E-state index in [0.29, 0.717) is 0 Å². The number of rotatable bonds is 4. The van der Waals surface area contributed by atoms with Gasteiger partial charge in [0.25, 0.3) is 0 Å². The minimum atomic E-state index is -1.08. The van der Waals surface area contributed by atoms with E-state index < -0.39 is 29.6 Å². The summed E-state index contributed by atoms with van der Waals surface area (Å²) in [5.74, 6) is -2.00. The third kappa shape index (κ3) is 1.86. The number of hydrogen-bond donors (Lipinski definition) is 2. The van der Waals surface area contributed by atoms with Crippen molar-refractivity contribution in [2.75, 3.05) is 26.8 Å². The molecule has 0 aliphatic carbocycles. The summed E-state index contributed by atoms with van der Waals surface area (Å²) in [5, 5.41) is 11.8. The topological polar surface area (TPSA) is 105 Å². The van der Waals surface area contributed by atoms with Crippen LogP contribution in [0.25, 0.3) is 0 Å². The van der Waals surface area contributed by atoms with Gasteiger partial charge in [0.15, 0.2) is 0 Å². The number of alkyl carbamates (subject to hydrolysis) is 1. The van der Waals surface area contributed by atoms with Crippen molar-refractivity contribution in [1.29, 1.82) is 0 Å². The summed E-state index contributed by atoms with van der Waals surface area (Å²) in [7, 11) is 1.42. The molecule has 0 radical (unpaired) electrons. The predicted octanol–water partition coefficient (Wildman–Crippen LogP) is -1.36. The summed E-state index contributed by atoms with van der Waals surface area (Å²) in [5.41, 5.74) is -1.08. The van der Waals surface area contributed by atoms with E-state index in [2.05, 4.69) is 5.32 Å². The number of aliphatic hydroxyl groups excluding tert-OH is 1.